The maximum atomic E-state index is 11.7. The van der Waals surface area contributed by atoms with Crippen LogP contribution in [0.1, 0.15) is 24.9 Å². The second-order valence-electron chi connectivity index (χ2n) is 4.99. The van der Waals surface area contributed by atoms with Gasteiger partial charge in [-0.1, -0.05) is 15.9 Å². The van der Waals surface area contributed by atoms with Gasteiger partial charge in [0, 0.05) is 22.4 Å². The summed E-state index contributed by atoms with van der Waals surface area (Å²) in [4.78, 5) is 11.7. The summed E-state index contributed by atoms with van der Waals surface area (Å²) in [5.41, 5.74) is 2.13. The van der Waals surface area contributed by atoms with Gasteiger partial charge in [0.1, 0.15) is 11.8 Å². The molecule has 5 heteroatoms. The smallest absolute Gasteiger partial charge is 0.328 e. The molecule has 0 saturated carbocycles. The number of esters is 1. The number of fused-ring (bicyclic) bond motifs is 1. The van der Waals surface area contributed by atoms with Crippen molar-refractivity contribution in [3.05, 3.63) is 30.0 Å². The molecule has 0 bridgehead atoms. The van der Waals surface area contributed by atoms with Gasteiger partial charge in [-0.2, -0.15) is 0 Å². The third-order valence-electron chi connectivity index (χ3n) is 3.51. The minimum Gasteiger partial charge on any atom is -0.494 e. The second-order valence-corrected chi connectivity index (χ2v) is 5.78. The zero-order valence-corrected chi connectivity index (χ0v) is 14.1. The molecule has 4 nitrogen and oxygen atoms in total. The van der Waals surface area contributed by atoms with Gasteiger partial charge in [-0.3, -0.25) is 0 Å². The summed E-state index contributed by atoms with van der Waals surface area (Å²) >= 11 is 3.39. The molecule has 0 aliphatic rings. The van der Waals surface area contributed by atoms with Gasteiger partial charge in [-0.25, -0.2) is 4.79 Å². The summed E-state index contributed by atoms with van der Waals surface area (Å²) in [5.74, 6) is 0.611. The molecule has 21 heavy (non-hydrogen) atoms. The number of hydrogen-bond acceptors (Lipinski definition) is 3. The molecule has 1 aromatic carbocycles. The Morgan fingerprint density at radius 1 is 1.43 bits per heavy atom. The Bertz CT molecular complexity index is 636. The van der Waals surface area contributed by atoms with Crippen LogP contribution >= 0.6 is 15.9 Å². The van der Waals surface area contributed by atoms with E-state index in [1.807, 2.05) is 42.8 Å². The van der Waals surface area contributed by atoms with Crippen LogP contribution in [0.15, 0.2) is 24.4 Å². The third-order valence-corrected chi connectivity index (χ3v) is 4.07. The Labute approximate surface area is 133 Å². The lowest BCUT2D eigenvalue weighted by Gasteiger charge is -2.13. The molecule has 2 aromatic rings. The largest absolute Gasteiger partial charge is 0.494 e. The minimum atomic E-state index is -0.341. The van der Waals surface area contributed by atoms with Gasteiger partial charge in [-0.05, 0) is 44.0 Å². The van der Waals surface area contributed by atoms with E-state index < -0.39 is 0 Å². The summed E-state index contributed by atoms with van der Waals surface area (Å²) < 4.78 is 12.5. The molecule has 0 fully saturated rings. The maximum Gasteiger partial charge on any atom is 0.328 e. The highest BCUT2D eigenvalue weighted by molar-refractivity contribution is 9.09. The van der Waals surface area contributed by atoms with E-state index >= 15 is 0 Å². The molecule has 1 aromatic heterocycles. The highest BCUT2D eigenvalue weighted by Gasteiger charge is 2.18. The summed E-state index contributed by atoms with van der Waals surface area (Å²) in [6.07, 6.45) is 2.95. The van der Waals surface area contributed by atoms with E-state index in [0.717, 1.165) is 34.0 Å². The molecule has 0 aliphatic heterocycles. The van der Waals surface area contributed by atoms with Crippen LogP contribution in [0.2, 0.25) is 0 Å². The quantitative estimate of drug-likeness (QED) is 0.450. The fourth-order valence-corrected chi connectivity index (χ4v) is 2.57. The number of hydrogen-bond donors (Lipinski definition) is 0. The lowest BCUT2D eigenvalue weighted by Crippen LogP contribution is -2.16. The number of benzene rings is 1. The van der Waals surface area contributed by atoms with Crippen molar-refractivity contribution in [2.24, 2.45) is 0 Å². The van der Waals surface area contributed by atoms with Crippen LogP contribution in [0.5, 0.6) is 5.75 Å². The average molecular weight is 354 g/mol. The number of ether oxygens (including phenoxy) is 2. The van der Waals surface area contributed by atoms with E-state index in [1.165, 1.54) is 7.11 Å². The molecule has 0 aliphatic carbocycles. The average Bonchev–Trinajstić information content (AvgIpc) is 2.83. The van der Waals surface area contributed by atoms with Crippen LogP contribution < -0.4 is 4.74 Å². The van der Waals surface area contributed by atoms with Gasteiger partial charge in [-0.15, -0.1) is 0 Å². The predicted molar refractivity (Wildman–Crippen MR) is 87.3 cm³/mol. The van der Waals surface area contributed by atoms with Crippen molar-refractivity contribution in [2.45, 2.75) is 26.3 Å². The zero-order valence-electron chi connectivity index (χ0n) is 12.6. The normalized spacial score (nSPS) is 12.4. The predicted octanol–water partition coefficient (Wildman–Crippen LogP) is 3.85. The number of nitrogens with zero attached hydrogens (tertiary/aromatic N) is 1. The molecule has 114 valence electrons. The van der Waals surface area contributed by atoms with E-state index in [9.17, 15) is 4.79 Å². The van der Waals surface area contributed by atoms with Gasteiger partial charge in [0.2, 0.25) is 0 Å². The summed E-state index contributed by atoms with van der Waals surface area (Å²) in [7, 11) is 1.41. The van der Waals surface area contributed by atoms with E-state index in [0.29, 0.717) is 6.61 Å². The molecule has 0 N–H and O–H groups in total. The number of aromatic nitrogens is 1. The summed E-state index contributed by atoms with van der Waals surface area (Å²) in [6.45, 7) is 4.56. The van der Waals surface area contributed by atoms with Crippen molar-refractivity contribution in [3.63, 3.8) is 0 Å². The van der Waals surface area contributed by atoms with Crippen LogP contribution in [-0.2, 0) is 9.53 Å². The van der Waals surface area contributed by atoms with Gasteiger partial charge in [0.05, 0.1) is 13.7 Å². The van der Waals surface area contributed by atoms with Crippen molar-refractivity contribution < 1.29 is 14.3 Å². The lowest BCUT2D eigenvalue weighted by molar-refractivity contribution is -0.143. The molecule has 0 saturated heterocycles. The number of methoxy groups -OCH3 is 1. The van der Waals surface area contributed by atoms with E-state index in [1.54, 1.807) is 0 Å². The second kappa shape index (κ2) is 6.98. The van der Waals surface area contributed by atoms with E-state index in [2.05, 4.69) is 15.9 Å². The van der Waals surface area contributed by atoms with Crippen molar-refractivity contribution in [1.29, 1.82) is 0 Å². The number of rotatable bonds is 6. The molecule has 1 unspecified atom stereocenters. The van der Waals surface area contributed by atoms with Crippen LogP contribution in [0.25, 0.3) is 10.9 Å². The van der Waals surface area contributed by atoms with Crippen molar-refractivity contribution in [1.82, 2.24) is 4.57 Å². The Morgan fingerprint density at radius 3 is 2.86 bits per heavy atom. The van der Waals surface area contributed by atoms with Crippen molar-refractivity contribution in [3.8, 4) is 5.75 Å². The first-order chi connectivity index (χ1) is 10.1. The fourth-order valence-electron chi connectivity index (χ4n) is 2.34. The molecule has 0 spiro atoms. The molecular weight excluding hydrogens is 334 g/mol. The van der Waals surface area contributed by atoms with E-state index in [4.69, 9.17) is 9.47 Å². The molecule has 1 atom stereocenters. The first-order valence-corrected chi connectivity index (χ1v) is 8.08. The maximum absolute atomic E-state index is 11.7. The van der Waals surface area contributed by atoms with Gasteiger partial charge >= 0.3 is 5.97 Å². The number of alkyl halides is 1. The van der Waals surface area contributed by atoms with Gasteiger partial charge < -0.3 is 14.0 Å². The Balaban J connectivity index is 2.33. The van der Waals surface area contributed by atoms with Crippen molar-refractivity contribution >= 4 is 32.8 Å². The SMILES string of the molecule is COC(=O)C(C)n1cc(C)c2cc(OCCCBr)ccc21. The van der Waals surface area contributed by atoms with Gasteiger partial charge in [0.15, 0.2) is 0 Å². The third kappa shape index (κ3) is 3.40. The Morgan fingerprint density at radius 2 is 2.19 bits per heavy atom. The molecule has 0 radical (unpaired) electrons. The minimum absolute atomic E-state index is 0.246. The highest BCUT2D eigenvalue weighted by atomic mass is 79.9. The monoisotopic (exact) mass is 353 g/mol. The molecule has 2 rings (SSSR count). The van der Waals surface area contributed by atoms with E-state index in [-0.39, 0.29) is 12.0 Å². The number of halogens is 1. The molecule has 1 heterocycles. The first kappa shape index (κ1) is 15.9. The fraction of sp³-hybridized carbons (Fsp3) is 0.438. The van der Waals surface area contributed by atoms with Crippen LogP contribution in [-0.4, -0.2) is 29.6 Å². The number of aryl methyl sites for hydroxylation is 1. The summed E-state index contributed by atoms with van der Waals surface area (Å²) in [6, 6.07) is 5.62. The standard InChI is InChI=1S/C16H20BrNO3/c1-11-10-18(12(2)16(19)20-3)15-6-5-13(9-14(11)15)21-8-4-7-17/h5-6,9-10,12H,4,7-8H2,1-3H3. The topological polar surface area (TPSA) is 40.5 Å². The molecular formula is C16H20BrNO3. The summed E-state index contributed by atoms with van der Waals surface area (Å²) in [5, 5.41) is 2.03. The van der Waals surface area contributed by atoms with Crippen molar-refractivity contribution in [2.75, 3.05) is 19.0 Å². The van der Waals surface area contributed by atoms with Crippen LogP contribution in [0, 0.1) is 6.92 Å². The highest BCUT2D eigenvalue weighted by Crippen LogP contribution is 2.28. The Hall–Kier alpha value is -1.49. The number of carbonyl (C=O) groups is 1. The first-order valence-electron chi connectivity index (χ1n) is 6.96. The number of carbonyl (C=O) groups excluding carboxylic acids is 1. The van der Waals surface area contributed by atoms with Crippen LogP contribution in [0.4, 0.5) is 0 Å². The van der Waals surface area contributed by atoms with Gasteiger partial charge in [0.25, 0.3) is 0 Å². The Kier molecular flexibility index (Phi) is 5.28. The lowest BCUT2D eigenvalue weighted by atomic mass is 10.2. The van der Waals surface area contributed by atoms with Crippen LogP contribution in [0.3, 0.4) is 0 Å². The molecule has 0 amide bonds. The zero-order chi connectivity index (χ0) is 15.4.